The molecule has 1 aromatic rings. The molecule has 2 N–H and O–H groups in total. The first-order valence-corrected chi connectivity index (χ1v) is 9.11. The molecule has 0 saturated carbocycles. The lowest BCUT2D eigenvalue weighted by molar-refractivity contribution is 0.459. The van der Waals surface area contributed by atoms with Gasteiger partial charge in [0.15, 0.2) is 0 Å². The van der Waals surface area contributed by atoms with Crippen molar-refractivity contribution < 1.29 is 10.2 Å². The van der Waals surface area contributed by atoms with Crippen LogP contribution in [0.4, 0.5) is 0 Å². The van der Waals surface area contributed by atoms with Gasteiger partial charge in [-0.05, 0) is 49.5 Å². The molecule has 4 heteroatoms. The summed E-state index contributed by atoms with van der Waals surface area (Å²) in [6, 6.07) is 4.44. The summed E-state index contributed by atoms with van der Waals surface area (Å²) in [5.41, 5.74) is 1.89. The second kappa shape index (κ2) is 11.2. The Bertz CT molecular complexity index is 645. The Morgan fingerprint density at radius 3 is 2.32 bits per heavy atom. The molecule has 0 fully saturated rings. The van der Waals surface area contributed by atoms with Gasteiger partial charge in [0.25, 0.3) is 0 Å². The highest BCUT2D eigenvalue weighted by molar-refractivity contribution is 5.84. The fourth-order valence-corrected chi connectivity index (χ4v) is 2.65. The van der Waals surface area contributed by atoms with Gasteiger partial charge in [0, 0.05) is 31.1 Å². The maximum atomic E-state index is 9.64. The van der Waals surface area contributed by atoms with E-state index in [0.717, 1.165) is 45.2 Å². The number of aliphatic imine (C=N–C) groups is 2. The minimum atomic E-state index is 0.137. The zero-order chi connectivity index (χ0) is 17.7. The Labute approximate surface area is 150 Å². The average molecular weight is 340 g/mol. The van der Waals surface area contributed by atoms with Gasteiger partial charge in [0.05, 0.1) is 0 Å². The summed E-state index contributed by atoms with van der Waals surface area (Å²) in [6.07, 6.45) is 18.1. The van der Waals surface area contributed by atoms with Gasteiger partial charge < -0.3 is 10.2 Å². The molecule has 2 rings (SSSR count). The maximum absolute atomic E-state index is 9.64. The fourth-order valence-electron chi connectivity index (χ4n) is 2.65. The SMILES string of the molecule is Oc1ccc(O)c(C=NCCCCCCCN=CC2=CCC=CC2)c1. The molecule has 4 nitrogen and oxygen atoms in total. The molecule has 0 amide bonds. The zero-order valence-electron chi connectivity index (χ0n) is 14.8. The monoisotopic (exact) mass is 340 g/mol. The number of benzene rings is 1. The summed E-state index contributed by atoms with van der Waals surface area (Å²) in [5, 5.41) is 19.0. The van der Waals surface area contributed by atoms with E-state index in [1.807, 2.05) is 6.21 Å². The van der Waals surface area contributed by atoms with Gasteiger partial charge in [0.1, 0.15) is 11.5 Å². The standard InChI is InChI=1S/C21H28N2O2/c24-20-11-12-21(25)19(15-20)17-23-14-8-3-1-2-7-13-22-16-18-9-5-4-6-10-18/h4-5,10-12,15-17,24-25H,1-3,6-9,13-14H2. The van der Waals surface area contributed by atoms with E-state index in [1.54, 1.807) is 6.21 Å². The molecule has 0 unspecified atom stereocenters. The van der Waals surface area contributed by atoms with Gasteiger partial charge in [-0.15, -0.1) is 0 Å². The third kappa shape index (κ3) is 7.84. The maximum Gasteiger partial charge on any atom is 0.124 e. The molecule has 0 aliphatic heterocycles. The van der Waals surface area contributed by atoms with Crippen LogP contribution in [-0.2, 0) is 0 Å². The normalized spacial score (nSPS) is 14.5. The molecule has 0 radical (unpaired) electrons. The number of nitrogens with zero attached hydrogens (tertiary/aromatic N) is 2. The summed E-state index contributed by atoms with van der Waals surface area (Å²) in [5.74, 6) is 0.278. The van der Waals surface area contributed by atoms with Crippen LogP contribution in [0.1, 0.15) is 50.5 Å². The van der Waals surface area contributed by atoms with Crippen molar-refractivity contribution in [2.45, 2.75) is 44.9 Å². The minimum Gasteiger partial charge on any atom is -0.508 e. The lowest BCUT2D eigenvalue weighted by Crippen LogP contribution is -1.90. The predicted molar refractivity (Wildman–Crippen MR) is 105 cm³/mol. The van der Waals surface area contributed by atoms with E-state index >= 15 is 0 Å². The molecule has 1 aromatic carbocycles. The quantitative estimate of drug-likeness (QED) is 0.278. The second-order valence-electron chi connectivity index (χ2n) is 6.27. The molecule has 0 bridgehead atoms. The lowest BCUT2D eigenvalue weighted by atomic mass is 10.1. The number of unbranched alkanes of at least 4 members (excludes halogenated alkanes) is 4. The third-order valence-corrected chi connectivity index (χ3v) is 4.11. The fraction of sp³-hybridized carbons (Fsp3) is 0.429. The number of phenolic OH excluding ortho intramolecular Hbond substituents is 2. The first kappa shape index (κ1) is 19.0. The van der Waals surface area contributed by atoms with Crippen molar-refractivity contribution in [3.63, 3.8) is 0 Å². The van der Waals surface area contributed by atoms with E-state index in [0.29, 0.717) is 5.56 Å². The van der Waals surface area contributed by atoms with Crippen molar-refractivity contribution in [2.24, 2.45) is 9.98 Å². The van der Waals surface area contributed by atoms with Gasteiger partial charge in [-0.1, -0.05) is 37.5 Å². The number of hydrogen-bond acceptors (Lipinski definition) is 4. The Kier molecular flexibility index (Phi) is 8.53. The van der Waals surface area contributed by atoms with Crippen molar-refractivity contribution >= 4 is 12.4 Å². The van der Waals surface area contributed by atoms with Crippen LogP contribution in [0.15, 0.2) is 52.0 Å². The molecule has 1 aliphatic carbocycles. The highest BCUT2D eigenvalue weighted by atomic mass is 16.3. The Balaban J connectivity index is 1.48. The van der Waals surface area contributed by atoms with E-state index in [2.05, 4.69) is 28.2 Å². The molecule has 0 aromatic heterocycles. The summed E-state index contributed by atoms with van der Waals surface area (Å²) >= 11 is 0. The van der Waals surface area contributed by atoms with Crippen molar-refractivity contribution in [3.8, 4) is 11.5 Å². The summed E-state index contributed by atoms with van der Waals surface area (Å²) in [6.45, 7) is 1.66. The number of rotatable bonds is 10. The van der Waals surface area contributed by atoms with Crippen LogP contribution in [0, 0.1) is 0 Å². The van der Waals surface area contributed by atoms with Crippen molar-refractivity contribution in [2.75, 3.05) is 13.1 Å². The Morgan fingerprint density at radius 2 is 1.60 bits per heavy atom. The summed E-state index contributed by atoms with van der Waals surface area (Å²) in [4.78, 5) is 8.81. The first-order chi connectivity index (χ1) is 12.3. The minimum absolute atomic E-state index is 0.137. The van der Waals surface area contributed by atoms with Crippen LogP contribution in [0.2, 0.25) is 0 Å². The molecule has 1 aliphatic rings. The smallest absolute Gasteiger partial charge is 0.124 e. The van der Waals surface area contributed by atoms with Gasteiger partial charge in [0.2, 0.25) is 0 Å². The second-order valence-corrected chi connectivity index (χ2v) is 6.27. The molecule has 0 spiro atoms. The van der Waals surface area contributed by atoms with Crippen LogP contribution >= 0.6 is 0 Å². The number of hydrogen-bond donors (Lipinski definition) is 2. The molecule has 134 valence electrons. The van der Waals surface area contributed by atoms with Gasteiger partial charge in [-0.3, -0.25) is 9.98 Å². The van der Waals surface area contributed by atoms with Crippen molar-refractivity contribution in [1.29, 1.82) is 0 Å². The summed E-state index contributed by atoms with van der Waals surface area (Å²) < 4.78 is 0. The van der Waals surface area contributed by atoms with Crippen LogP contribution in [0.3, 0.4) is 0 Å². The lowest BCUT2D eigenvalue weighted by Gasteiger charge is -2.02. The number of allylic oxidation sites excluding steroid dienone is 4. The molecule has 0 atom stereocenters. The molecule has 0 saturated heterocycles. The highest BCUT2D eigenvalue weighted by Crippen LogP contribution is 2.20. The topological polar surface area (TPSA) is 65.2 Å². The largest absolute Gasteiger partial charge is 0.508 e. The zero-order valence-corrected chi connectivity index (χ0v) is 14.8. The van der Waals surface area contributed by atoms with Gasteiger partial charge >= 0.3 is 0 Å². The Hall–Kier alpha value is -2.36. The van der Waals surface area contributed by atoms with Crippen LogP contribution in [0.5, 0.6) is 11.5 Å². The van der Waals surface area contributed by atoms with E-state index in [9.17, 15) is 10.2 Å². The highest BCUT2D eigenvalue weighted by Gasteiger charge is 1.98. The van der Waals surface area contributed by atoms with Crippen LogP contribution < -0.4 is 0 Å². The van der Waals surface area contributed by atoms with E-state index < -0.39 is 0 Å². The molecular formula is C21H28N2O2. The number of aromatic hydroxyl groups is 2. The Morgan fingerprint density at radius 1 is 0.880 bits per heavy atom. The average Bonchev–Trinajstić information content (AvgIpc) is 2.63. The van der Waals surface area contributed by atoms with E-state index in [4.69, 9.17) is 0 Å². The van der Waals surface area contributed by atoms with Gasteiger partial charge in [-0.2, -0.15) is 0 Å². The number of phenols is 2. The molecule has 25 heavy (non-hydrogen) atoms. The summed E-state index contributed by atoms with van der Waals surface area (Å²) in [7, 11) is 0. The van der Waals surface area contributed by atoms with E-state index in [-0.39, 0.29) is 11.5 Å². The van der Waals surface area contributed by atoms with Crippen molar-refractivity contribution in [1.82, 2.24) is 0 Å². The van der Waals surface area contributed by atoms with Gasteiger partial charge in [-0.25, -0.2) is 0 Å². The first-order valence-electron chi connectivity index (χ1n) is 9.11. The van der Waals surface area contributed by atoms with Crippen molar-refractivity contribution in [3.05, 3.63) is 47.6 Å². The molecular weight excluding hydrogens is 312 g/mol. The van der Waals surface area contributed by atoms with Crippen LogP contribution in [0.25, 0.3) is 0 Å². The molecule has 0 heterocycles. The predicted octanol–water partition coefficient (Wildman–Crippen LogP) is 4.81. The third-order valence-electron chi connectivity index (χ3n) is 4.11. The van der Waals surface area contributed by atoms with Crippen LogP contribution in [-0.4, -0.2) is 35.7 Å². The van der Waals surface area contributed by atoms with E-state index in [1.165, 1.54) is 36.6 Å².